The number of hydrogen-bond donors (Lipinski definition) is 2. The van der Waals surface area contributed by atoms with Crippen LogP contribution in [0.3, 0.4) is 0 Å². The Morgan fingerprint density at radius 2 is 2.00 bits per heavy atom. The molecule has 2 aromatic rings. The molecule has 0 bridgehead atoms. The normalized spacial score (nSPS) is 19.0. The molecule has 0 unspecified atom stereocenters. The van der Waals surface area contributed by atoms with Crippen LogP contribution in [0.4, 0.5) is 10.5 Å². The van der Waals surface area contributed by atoms with E-state index in [1.807, 2.05) is 0 Å². The second-order valence-electron chi connectivity index (χ2n) is 6.60. The third kappa shape index (κ3) is 2.84. The molecule has 1 atom stereocenters. The molecule has 0 aliphatic carbocycles. The minimum absolute atomic E-state index is 0.0157. The van der Waals surface area contributed by atoms with Crippen LogP contribution < -0.4 is 15.0 Å². The number of benzene rings is 2. The highest BCUT2D eigenvalue weighted by molar-refractivity contribution is 6.31. The van der Waals surface area contributed by atoms with E-state index in [-0.39, 0.29) is 30.0 Å². The van der Waals surface area contributed by atoms with Crippen molar-refractivity contribution in [2.45, 2.75) is 6.04 Å². The van der Waals surface area contributed by atoms with E-state index in [0.717, 1.165) is 0 Å². The van der Waals surface area contributed by atoms with E-state index in [4.69, 9.17) is 16.3 Å². The average molecular weight is 400 g/mol. The highest BCUT2D eigenvalue weighted by Gasteiger charge is 2.43. The van der Waals surface area contributed by atoms with Crippen LogP contribution in [0.1, 0.15) is 11.6 Å². The van der Waals surface area contributed by atoms with Gasteiger partial charge in [0.2, 0.25) is 0 Å². The van der Waals surface area contributed by atoms with Gasteiger partial charge in [0.05, 0.1) is 31.0 Å². The molecule has 2 heterocycles. The lowest BCUT2D eigenvalue weighted by molar-refractivity contribution is -0.114. The minimum Gasteiger partial charge on any atom is -0.504 e. The number of methoxy groups -OCH3 is 1. The Balaban J connectivity index is 1.78. The summed E-state index contributed by atoms with van der Waals surface area (Å²) in [6, 6.07) is 10.8. The Hall–Kier alpha value is -3.19. The number of likely N-dealkylation sites (N-methyl/N-ethyl adjacent to an activating group) is 1. The molecule has 8 heteroatoms. The van der Waals surface area contributed by atoms with Crippen LogP contribution in [-0.2, 0) is 4.79 Å². The standard InChI is InChI=1S/C20H18ClN3O4/c1-23-14-10-24(13-5-3-4-12(21)9-13)19(26)17(14)18(22-20(23)27)11-6-7-15(25)16(8-11)28-2/h3-9,18,25H,10H2,1-2H3,(H,22,27)/t18-/m1/s1. The molecule has 2 aliphatic rings. The van der Waals surface area contributed by atoms with Crippen molar-refractivity contribution in [2.75, 3.05) is 25.6 Å². The van der Waals surface area contributed by atoms with Crippen LogP contribution in [0.5, 0.6) is 11.5 Å². The summed E-state index contributed by atoms with van der Waals surface area (Å²) in [6.45, 7) is 0.268. The van der Waals surface area contributed by atoms with Crippen molar-refractivity contribution < 1.29 is 19.4 Å². The average Bonchev–Trinajstić information content (AvgIpc) is 3.03. The zero-order valence-electron chi connectivity index (χ0n) is 15.3. The van der Waals surface area contributed by atoms with Crippen molar-refractivity contribution in [3.63, 3.8) is 0 Å². The highest BCUT2D eigenvalue weighted by atomic mass is 35.5. The van der Waals surface area contributed by atoms with Gasteiger partial charge in [-0.25, -0.2) is 4.79 Å². The highest BCUT2D eigenvalue weighted by Crippen LogP contribution is 2.39. The summed E-state index contributed by atoms with van der Waals surface area (Å²) < 4.78 is 5.17. The van der Waals surface area contributed by atoms with Gasteiger partial charge in [0.15, 0.2) is 11.5 Å². The first-order valence-electron chi connectivity index (χ1n) is 8.62. The van der Waals surface area contributed by atoms with Gasteiger partial charge in [0, 0.05) is 17.8 Å². The SMILES string of the molecule is COc1cc([C@H]2NC(=O)N(C)C3=C2C(=O)N(c2cccc(Cl)c2)C3)ccc1O. The molecule has 0 aromatic heterocycles. The van der Waals surface area contributed by atoms with Crippen molar-refractivity contribution in [2.24, 2.45) is 0 Å². The van der Waals surface area contributed by atoms with Gasteiger partial charge in [0.25, 0.3) is 5.91 Å². The lowest BCUT2D eigenvalue weighted by Crippen LogP contribution is -2.45. The predicted molar refractivity (Wildman–Crippen MR) is 105 cm³/mol. The second kappa shape index (κ2) is 6.76. The summed E-state index contributed by atoms with van der Waals surface area (Å²) >= 11 is 6.08. The molecule has 144 valence electrons. The molecule has 2 aliphatic heterocycles. The van der Waals surface area contributed by atoms with Crippen molar-refractivity contribution in [1.29, 1.82) is 0 Å². The number of nitrogens with one attached hydrogen (secondary N) is 1. The van der Waals surface area contributed by atoms with Crippen LogP contribution in [-0.4, -0.2) is 42.6 Å². The van der Waals surface area contributed by atoms with Gasteiger partial charge in [0.1, 0.15) is 0 Å². The monoisotopic (exact) mass is 399 g/mol. The van der Waals surface area contributed by atoms with Crippen LogP contribution >= 0.6 is 11.6 Å². The Labute approximate surface area is 166 Å². The third-order valence-corrected chi connectivity index (χ3v) is 5.25. The molecule has 2 aromatic carbocycles. The molecular weight excluding hydrogens is 382 g/mol. The van der Waals surface area contributed by atoms with E-state index in [2.05, 4.69) is 5.32 Å². The quantitative estimate of drug-likeness (QED) is 0.831. The molecule has 0 spiro atoms. The summed E-state index contributed by atoms with van der Waals surface area (Å²) in [4.78, 5) is 28.8. The summed E-state index contributed by atoms with van der Waals surface area (Å²) in [6.07, 6.45) is 0. The lowest BCUT2D eigenvalue weighted by Gasteiger charge is -2.31. The zero-order valence-corrected chi connectivity index (χ0v) is 16.0. The fraction of sp³-hybridized carbons (Fsp3) is 0.200. The number of nitrogens with zero attached hydrogens (tertiary/aromatic N) is 2. The van der Waals surface area contributed by atoms with Gasteiger partial charge in [-0.3, -0.25) is 9.69 Å². The van der Waals surface area contributed by atoms with Crippen molar-refractivity contribution >= 4 is 29.2 Å². The van der Waals surface area contributed by atoms with Crippen LogP contribution in [0.25, 0.3) is 0 Å². The molecular formula is C20H18ClN3O4. The van der Waals surface area contributed by atoms with Crippen LogP contribution in [0.2, 0.25) is 5.02 Å². The van der Waals surface area contributed by atoms with Crippen molar-refractivity contribution in [1.82, 2.24) is 10.2 Å². The second-order valence-corrected chi connectivity index (χ2v) is 7.04. The Kier molecular flexibility index (Phi) is 4.39. The van der Waals surface area contributed by atoms with Crippen molar-refractivity contribution in [3.05, 3.63) is 64.3 Å². The summed E-state index contributed by atoms with van der Waals surface area (Å²) in [7, 11) is 3.07. The fourth-order valence-electron chi connectivity index (χ4n) is 3.54. The molecule has 2 N–H and O–H groups in total. The smallest absolute Gasteiger partial charge is 0.322 e. The Morgan fingerprint density at radius 1 is 1.21 bits per heavy atom. The summed E-state index contributed by atoms with van der Waals surface area (Å²) in [5.41, 5.74) is 2.42. The molecule has 28 heavy (non-hydrogen) atoms. The number of carbonyl (C=O) groups excluding carboxylic acids is 2. The topological polar surface area (TPSA) is 82.1 Å². The van der Waals surface area contributed by atoms with E-state index in [9.17, 15) is 14.7 Å². The molecule has 0 fully saturated rings. The number of phenols is 1. The molecule has 7 nitrogen and oxygen atoms in total. The number of halogens is 1. The van der Waals surface area contributed by atoms with Gasteiger partial charge in [-0.05, 0) is 35.9 Å². The van der Waals surface area contributed by atoms with Gasteiger partial charge >= 0.3 is 6.03 Å². The van der Waals surface area contributed by atoms with Crippen LogP contribution in [0, 0.1) is 0 Å². The number of anilines is 1. The van der Waals surface area contributed by atoms with E-state index < -0.39 is 6.04 Å². The van der Waals surface area contributed by atoms with Crippen LogP contribution in [0.15, 0.2) is 53.7 Å². The molecule has 0 radical (unpaired) electrons. The number of ether oxygens (including phenoxy) is 1. The van der Waals surface area contributed by atoms with Gasteiger partial charge < -0.3 is 20.1 Å². The Bertz CT molecular complexity index is 1020. The molecule has 0 saturated heterocycles. The maximum Gasteiger partial charge on any atom is 0.322 e. The first-order valence-corrected chi connectivity index (χ1v) is 9.00. The number of urea groups is 1. The summed E-state index contributed by atoms with van der Waals surface area (Å²) in [5, 5.41) is 13.2. The predicted octanol–water partition coefficient (Wildman–Crippen LogP) is 3.05. The number of rotatable bonds is 3. The van der Waals surface area contributed by atoms with Gasteiger partial charge in [-0.2, -0.15) is 0 Å². The lowest BCUT2D eigenvalue weighted by atomic mass is 9.95. The largest absolute Gasteiger partial charge is 0.504 e. The molecule has 3 amide bonds. The van der Waals surface area contributed by atoms with E-state index in [0.29, 0.717) is 27.5 Å². The summed E-state index contributed by atoms with van der Waals surface area (Å²) in [5.74, 6) is 0.0455. The maximum atomic E-state index is 13.3. The van der Waals surface area contributed by atoms with E-state index >= 15 is 0 Å². The Morgan fingerprint density at radius 3 is 2.71 bits per heavy atom. The number of carbonyl (C=O) groups is 2. The first kappa shape index (κ1) is 18.2. The van der Waals surface area contributed by atoms with Crippen molar-refractivity contribution in [3.8, 4) is 11.5 Å². The zero-order chi connectivity index (χ0) is 20.0. The fourth-order valence-corrected chi connectivity index (χ4v) is 3.73. The molecule has 0 saturated carbocycles. The number of phenolic OH excluding ortho intramolecular Hbond substituents is 1. The number of hydrogen-bond acceptors (Lipinski definition) is 4. The maximum absolute atomic E-state index is 13.3. The first-order chi connectivity index (χ1) is 13.4. The van der Waals surface area contributed by atoms with Gasteiger partial charge in [-0.1, -0.05) is 23.7 Å². The minimum atomic E-state index is -0.648. The van der Waals surface area contributed by atoms with E-state index in [1.165, 1.54) is 18.1 Å². The molecule has 4 rings (SSSR count). The van der Waals surface area contributed by atoms with Gasteiger partial charge in [-0.15, -0.1) is 0 Å². The third-order valence-electron chi connectivity index (χ3n) is 5.02. The van der Waals surface area contributed by atoms with E-state index in [1.54, 1.807) is 48.3 Å². The number of amides is 3. The number of aromatic hydroxyl groups is 1.